The third kappa shape index (κ3) is 1.39. The van der Waals surface area contributed by atoms with Crippen molar-refractivity contribution in [1.82, 2.24) is 16.1 Å². The van der Waals surface area contributed by atoms with Crippen molar-refractivity contribution in [2.75, 3.05) is 7.05 Å². The Morgan fingerprint density at radius 2 is 2.78 bits per heavy atom. The molecule has 0 amide bonds. The van der Waals surface area contributed by atoms with Crippen LogP contribution in [0.3, 0.4) is 0 Å². The van der Waals surface area contributed by atoms with E-state index in [9.17, 15) is 4.39 Å². The van der Waals surface area contributed by atoms with Crippen molar-refractivity contribution in [2.45, 2.75) is 0 Å². The van der Waals surface area contributed by atoms with Gasteiger partial charge in [0.2, 0.25) is 5.97 Å². The van der Waals surface area contributed by atoms with Crippen molar-refractivity contribution in [3.63, 3.8) is 0 Å². The fourth-order valence-electron chi connectivity index (χ4n) is 0.408. The average Bonchev–Trinajstić information content (AvgIpc) is 1.88. The molecule has 1 rings (SSSR count). The molecule has 1 aliphatic heterocycles. The summed E-state index contributed by atoms with van der Waals surface area (Å²) >= 11 is 0. The van der Waals surface area contributed by atoms with E-state index >= 15 is 0 Å². The fourth-order valence-corrected chi connectivity index (χ4v) is 0.408. The van der Waals surface area contributed by atoms with Gasteiger partial charge in [0.25, 0.3) is 0 Å². The summed E-state index contributed by atoms with van der Waals surface area (Å²) in [7, 11) is 1.61. The Labute approximate surface area is 52.0 Å². The second-order valence-electron chi connectivity index (χ2n) is 1.36. The molecule has 0 aromatic carbocycles. The molecule has 49 valence electrons. The van der Waals surface area contributed by atoms with E-state index in [0.717, 1.165) is 11.3 Å². The van der Waals surface area contributed by atoms with Crippen molar-refractivity contribution >= 4 is 5.97 Å². The smallest absolute Gasteiger partial charge is 0.236 e. The zero-order valence-electron chi connectivity index (χ0n) is 4.85. The molecule has 0 saturated heterocycles. The van der Waals surface area contributed by atoms with Crippen LogP contribution in [0.1, 0.15) is 0 Å². The summed E-state index contributed by atoms with van der Waals surface area (Å²) in [6.07, 6.45) is 3.52. The Balaban J connectivity index is 2.55. The highest BCUT2D eigenvalue weighted by atomic mass is 19.1. The molecule has 1 aliphatic rings. The third-order valence-electron chi connectivity index (χ3n) is 0.769. The maximum atomic E-state index is 12.1. The monoisotopic (exact) mass is 129 g/mol. The second kappa shape index (κ2) is 2.45. The van der Waals surface area contributed by atoms with E-state index in [2.05, 4.69) is 22.2 Å². The maximum absolute atomic E-state index is 12.1. The highest BCUT2D eigenvalue weighted by Crippen LogP contribution is 1.90. The zero-order chi connectivity index (χ0) is 6.69. The van der Waals surface area contributed by atoms with Crippen molar-refractivity contribution in [2.24, 2.45) is 5.10 Å². The van der Waals surface area contributed by atoms with Crippen LogP contribution in [-0.2, 0) is 0 Å². The number of rotatable bonds is 1. The van der Waals surface area contributed by atoms with Gasteiger partial charge in [-0.2, -0.15) is 4.39 Å². The lowest BCUT2D eigenvalue weighted by Gasteiger charge is -2.17. The van der Waals surface area contributed by atoms with Gasteiger partial charge in [0.05, 0.1) is 6.20 Å². The van der Waals surface area contributed by atoms with E-state index in [1.165, 1.54) is 0 Å². The highest BCUT2D eigenvalue weighted by Gasteiger charge is 2.01. The quantitative estimate of drug-likeness (QED) is 0.503. The SMILES string of the molecule is CNN1N=C(F)C=[C]N1. The van der Waals surface area contributed by atoms with Crippen molar-refractivity contribution < 1.29 is 4.39 Å². The minimum absolute atomic E-state index is 0.580. The highest BCUT2D eigenvalue weighted by molar-refractivity contribution is 5.85. The summed E-state index contributed by atoms with van der Waals surface area (Å²) in [5, 5.41) is 4.45. The molecule has 9 heavy (non-hydrogen) atoms. The van der Waals surface area contributed by atoms with Gasteiger partial charge in [-0.05, 0) is 0 Å². The third-order valence-corrected chi connectivity index (χ3v) is 0.769. The molecule has 1 radical (unpaired) electrons. The fraction of sp³-hybridized carbons (Fsp3) is 0.250. The number of hydrogen-bond donors (Lipinski definition) is 2. The molecule has 0 aromatic heterocycles. The van der Waals surface area contributed by atoms with Crippen LogP contribution in [0.15, 0.2) is 11.2 Å². The standard InChI is InChI=1S/C4H6FN4/c1-6-9-7-3-2-4(5)8-9/h2,6-7H,1H3. The molecule has 1 heterocycles. The molecule has 0 saturated carbocycles. The first kappa shape index (κ1) is 6.03. The van der Waals surface area contributed by atoms with E-state index in [1.807, 2.05) is 0 Å². The normalized spacial score (nSPS) is 17.1. The van der Waals surface area contributed by atoms with Crippen molar-refractivity contribution in [1.29, 1.82) is 0 Å². The lowest BCUT2D eigenvalue weighted by Crippen LogP contribution is -2.41. The topological polar surface area (TPSA) is 39.7 Å². The Morgan fingerprint density at radius 3 is 3.22 bits per heavy atom. The van der Waals surface area contributed by atoms with Crippen LogP contribution in [0.5, 0.6) is 0 Å². The molecule has 0 bridgehead atoms. The predicted octanol–water partition coefficient (Wildman–Crippen LogP) is -0.459. The van der Waals surface area contributed by atoms with Gasteiger partial charge < -0.3 is 0 Å². The molecule has 0 unspecified atom stereocenters. The van der Waals surface area contributed by atoms with Crippen LogP contribution in [0, 0.1) is 6.20 Å². The van der Waals surface area contributed by atoms with Gasteiger partial charge in [-0.15, -0.1) is 10.3 Å². The first-order valence-corrected chi connectivity index (χ1v) is 2.39. The Hall–Kier alpha value is -1.10. The minimum atomic E-state index is -0.580. The molecule has 0 aliphatic carbocycles. The van der Waals surface area contributed by atoms with E-state index in [1.54, 1.807) is 7.05 Å². The van der Waals surface area contributed by atoms with Gasteiger partial charge in [0.15, 0.2) is 0 Å². The minimum Gasteiger partial charge on any atom is -0.265 e. The Kier molecular flexibility index (Phi) is 1.64. The molecule has 5 heteroatoms. The number of halogens is 1. The average molecular weight is 129 g/mol. The predicted molar refractivity (Wildman–Crippen MR) is 30.4 cm³/mol. The van der Waals surface area contributed by atoms with E-state index in [4.69, 9.17) is 0 Å². The summed E-state index contributed by atoms with van der Waals surface area (Å²) in [6, 6.07) is 0. The van der Waals surface area contributed by atoms with Crippen LogP contribution in [0.25, 0.3) is 0 Å². The van der Waals surface area contributed by atoms with Crippen molar-refractivity contribution in [3.8, 4) is 0 Å². The Morgan fingerprint density at radius 1 is 2.00 bits per heavy atom. The number of allylic oxidation sites excluding steroid dienone is 1. The number of hydrogen-bond acceptors (Lipinski definition) is 4. The molecule has 0 atom stereocenters. The van der Waals surface area contributed by atoms with E-state index in [-0.39, 0.29) is 0 Å². The van der Waals surface area contributed by atoms with Crippen LogP contribution in [-0.4, -0.2) is 18.2 Å². The first-order valence-electron chi connectivity index (χ1n) is 2.39. The molecule has 0 spiro atoms. The van der Waals surface area contributed by atoms with E-state index < -0.39 is 5.97 Å². The van der Waals surface area contributed by atoms with Crippen LogP contribution in [0.2, 0.25) is 0 Å². The lowest BCUT2D eigenvalue weighted by atomic mass is 10.6. The van der Waals surface area contributed by atoms with Gasteiger partial charge >= 0.3 is 0 Å². The number of hydrazine groups is 2. The Bertz CT molecular complexity index is 153. The van der Waals surface area contributed by atoms with Crippen LogP contribution < -0.4 is 10.9 Å². The molecule has 0 fully saturated rings. The van der Waals surface area contributed by atoms with Gasteiger partial charge in [0, 0.05) is 13.1 Å². The molecule has 0 aromatic rings. The molecular formula is C4H6FN4. The van der Waals surface area contributed by atoms with Gasteiger partial charge in [-0.25, -0.2) is 5.43 Å². The summed E-state index contributed by atoms with van der Waals surface area (Å²) in [4.78, 5) is 0. The number of hydrazone groups is 1. The van der Waals surface area contributed by atoms with Gasteiger partial charge in [0.1, 0.15) is 0 Å². The zero-order valence-corrected chi connectivity index (χ0v) is 4.85. The lowest BCUT2D eigenvalue weighted by molar-refractivity contribution is 0.155. The van der Waals surface area contributed by atoms with Crippen molar-refractivity contribution in [3.05, 3.63) is 12.3 Å². The number of nitrogens with one attached hydrogen (secondary N) is 2. The molecule has 4 nitrogen and oxygen atoms in total. The maximum Gasteiger partial charge on any atom is 0.236 e. The molecular weight excluding hydrogens is 123 g/mol. The second-order valence-corrected chi connectivity index (χ2v) is 1.36. The summed E-state index contributed by atoms with van der Waals surface area (Å²) < 4.78 is 12.1. The summed E-state index contributed by atoms with van der Waals surface area (Å²) in [6.45, 7) is 0. The first-order chi connectivity index (χ1) is 4.33. The van der Waals surface area contributed by atoms with Gasteiger partial charge in [-0.3, -0.25) is 5.43 Å². The molecule has 2 N–H and O–H groups in total. The largest absolute Gasteiger partial charge is 0.265 e. The van der Waals surface area contributed by atoms with Crippen LogP contribution >= 0.6 is 0 Å². The number of nitrogens with zero attached hydrogens (tertiary/aromatic N) is 2. The summed E-state index contributed by atoms with van der Waals surface area (Å²) in [5.74, 6) is -0.580. The van der Waals surface area contributed by atoms with Crippen LogP contribution in [0.4, 0.5) is 4.39 Å². The van der Waals surface area contributed by atoms with E-state index in [0.29, 0.717) is 0 Å². The van der Waals surface area contributed by atoms with Gasteiger partial charge in [-0.1, -0.05) is 0 Å². The summed E-state index contributed by atoms with van der Waals surface area (Å²) in [5.41, 5.74) is 5.03.